The SMILES string of the molecule is [CH2]CC(F)(F)C(F)(F)C(F)(C(F)(F)F)C(F)(F)C(F)(F)C(F)(F)C(F)(F)C(F)(F)C(F)(F)C(F)(F)F. The molecule has 0 fully saturated rings. The summed E-state index contributed by atoms with van der Waals surface area (Å²) in [6.07, 6.45) is -19.9. The minimum Gasteiger partial charge on any atom is -0.219 e. The van der Waals surface area contributed by atoms with Gasteiger partial charge in [0, 0.05) is 6.42 Å². The van der Waals surface area contributed by atoms with Crippen LogP contribution in [0.5, 0.6) is 0 Å². The molecule has 1 radical (unpaired) electrons. The average Bonchev–Trinajstić information content (AvgIpc) is 2.63. The number of hydrogen-bond acceptors (Lipinski definition) is 0. The summed E-state index contributed by atoms with van der Waals surface area (Å²) < 4.78 is 300. The van der Waals surface area contributed by atoms with E-state index in [4.69, 9.17) is 0 Å². The second kappa shape index (κ2) is 8.19. The molecule has 217 valence electrons. The van der Waals surface area contributed by atoms with Crippen molar-refractivity contribution in [2.24, 2.45) is 0 Å². The molecule has 0 aliphatic heterocycles. The van der Waals surface area contributed by atoms with Gasteiger partial charge < -0.3 is 0 Å². The van der Waals surface area contributed by atoms with Gasteiger partial charge in [0.1, 0.15) is 0 Å². The highest BCUT2D eigenvalue weighted by Gasteiger charge is 3.00. The second-order valence-electron chi connectivity index (χ2n) is 6.63. The topological polar surface area (TPSA) is 0 Å². The molecular formula is C13H4F23. The van der Waals surface area contributed by atoms with Gasteiger partial charge in [-0.1, -0.05) is 0 Å². The maximum atomic E-state index is 14.0. The molecule has 0 rings (SSSR count). The smallest absolute Gasteiger partial charge is 0.219 e. The Morgan fingerprint density at radius 2 is 0.556 bits per heavy atom. The molecule has 0 amide bonds. The van der Waals surface area contributed by atoms with Crippen molar-refractivity contribution < 1.29 is 101 Å². The van der Waals surface area contributed by atoms with Gasteiger partial charge in [0.15, 0.2) is 0 Å². The van der Waals surface area contributed by atoms with Crippen LogP contribution in [0.15, 0.2) is 0 Å². The van der Waals surface area contributed by atoms with E-state index in [-0.39, 0.29) is 0 Å². The van der Waals surface area contributed by atoms with Gasteiger partial charge >= 0.3 is 65.4 Å². The lowest BCUT2D eigenvalue weighted by Crippen LogP contribution is -2.80. The molecule has 0 aromatic carbocycles. The molecule has 36 heavy (non-hydrogen) atoms. The third-order valence-electron chi connectivity index (χ3n) is 4.36. The number of alkyl halides is 23. The predicted molar refractivity (Wildman–Crippen MR) is 65.5 cm³/mol. The first kappa shape index (κ1) is 34.4. The van der Waals surface area contributed by atoms with Gasteiger partial charge in [-0.05, 0) is 6.92 Å². The van der Waals surface area contributed by atoms with E-state index in [9.17, 15) is 101 Å². The Kier molecular flexibility index (Phi) is 7.83. The molecule has 0 bridgehead atoms. The zero-order valence-electron chi connectivity index (χ0n) is 15.6. The quantitative estimate of drug-likeness (QED) is 0.236. The summed E-state index contributed by atoms with van der Waals surface area (Å²) in [4.78, 5) is 0. The number of rotatable bonds is 9. The first-order valence-electron chi connectivity index (χ1n) is 7.70. The van der Waals surface area contributed by atoms with E-state index in [0.717, 1.165) is 0 Å². The molecule has 1 unspecified atom stereocenters. The van der Waals surface area contributed by atoms with Crippen LogP contribution in [0.4, 0.5) is 101 Å². The van der Waals surface area contributed by atoms with Crippen LogP contribution in [0.2, 0.25) is 0 Å². The summed E-state index contributed by atoms with van der Waals surface area (Å²) in [5.41, 5.74) is -9.11. The van der Waals surface area contributed by atoms with E-state index in [1.54, 1.807) is 6.92 Å². The third-order valence-corrected chi connectivity index (χ3v) is 4.36. The van der Waals surface area contributed by atoms with Crippen LogP contribution in [0.1, 0.15) is 6.42 Å². The van der Waals surface area contributed by atoms with Gasteiger partial charge in [-0.15, -0.1) is 0 Å². The Hall–Kier alpha value is -1.61. The highest BCUT2D eigenvalue weighted by Crippen LogP contribution is 2.68. The third kappa shape index (κ3) is 3.82. The van der Waals surface area contributed by atoms with Crippen LogP contribution < -0.4 is 0 Å². The van der Waals surface area contributed by atoms with E-state index in [0.29, 0.717) is 0 Å². The van der Waals surface area contributed by atoms with Crippen molar-refractivity contribution in [2.45, 2.75) is 71.8 Å². The van der Waals surface area contributed by atoms with Crippen molar-refractivity contribution in [1.82, 2.24) is 0 Å². The van der Waals surface area contributed by atoms with Crippen LogP contribution in [-0.2, 0) is 0 Å². The lowest BCUT2D eigenvalue weighted by Gasteiger charge is -2.47. The molecule has 0 aromatic heterocycles. The molecule has 0 aromatic rings. The molecule has 0 N–H and O–H groups in total. The molecule has 0 aliphatic rings. The van der Waals surface area contributed by atoms with Crippen LogP contribution in [-0.4, -0.2) is 65.4 Å². The van der Waals surface area contributed by atoms with E-state index >= 15 is 0 Å². The Bertz CT molecular complexity index is 796. The first-order chi connectivity index (χ1) is 15.1. The van der Waals surface area contributed by atoms with Crippen LogP contribution >= 0.6 is 0 Å². The minimum atomic E-state index is -9.49. The van der Waals surface area contributed by atoms with Gasteiger partial charge in [-0.3, -0.25) is 0 Å². The van der Waals surface area contributed by atoms with E-state index in [1.807, 2.05) is 0 Å². The van der Waals surface area contributed by atoms with Crippen molar-refractivity contribution >= 4 is 0 Å². The van der Waals surface area contributed by atoms with Gasteiger partial charge in [-0.25, -0.2) is 4.39 Å². The Balaban J connectivity index is 7.53. The highest BCUT2D eigenvalue weighted by molar-refractivity contribution is 5.22. The van der Waals surface area contributed by atoms with Crippen LogP contribution in [0.25, 0.3) is 0 Å². The summed E-state index contributed by atoms with van der Waals surface area (Å²) >= 11 is 0. The fourth-order valence-corrected chi connectivity index (χ4v) is 2.15. The molecule has 0 saturated carbocycles. The van der Waals surface area contributed by atoms with Crippen molar-refractivity contribution in [2.75, 3.05) is 0 Å². The molecule has 23 heteroatoms. The van der Waals surface area contributed by atoms with Crippen molar-refractivity contribution in [3.05, 3.63) is 6.92 Å². The summed E-state index contributed by atoms with van der Waals surface area (Å²) in [5, 5.41) is 0. The summed E-state index contributed by atoms with van der Waals surface area (Å²) in [5.74, 6) is -70.6. The fraction of sp³-hybridized carbons (Fsp3) is 0.923. The zero-order chi connectivity index (χ0) is 30.2. The van der Waals surface area contributed by atoms with Crippen molar-refractivity contribution in [3.8, 4) is 0 Å². The normalized spacial score (nSPS) is 18.3. The number of hydrogen-bond donors (Lipinski definition) is 0. The lowest BCUT2D eigenvalue weighted by atomic mass is 9.78. The standard InChI is InChI=1S/C13H4F23/c1-2-3(14,15)5(17,18)4(16,12(31,32)33)6(19,20)7(21,22)8(23,24)9(25,26)10(27,28)11(29,30)13(34,35)36/h1-2H2. The molecule has 0 saturated heterocycles. The largest absolute Gasteiger partial charge is 0.460 e. The monoisotopic (exact) mass is 597 g/mol. The van der Waals surface area contributed by atoms with Gasteiger partial charge in [0.25, 0.3) is 0 Å². The summed E-state index contributed by atoms with van der Waals surface area (Å²) in [6, 6.07) is 0. The predicted octanol–water partition coefficient (Wildman–Crippen LogP) is 8.13. The van der Waals surface area contributed by atoms with Gasteiger partial charge in [0.05, 0.1) is 0 Å². The second-order valence-corrected chi connectivity index (χ2v) is 6.63. The van der Waals surface area contributed by atoms with Gasteiger partial charge in [-0.2, -0.15) is 96.6 Å². The van der Waals surface area contributed by atoms with Crippen molar-refractivity contribution in [1.29, 1.82) is 0 Å². The molecule has 0 spiro atoms. The highest BCUT2D eigenvalue weighted by atomic mass is 19.4. The Morgan fingerprint density at radius 1 is 0.306 bits per heavy atom. The summed E-state index contributed by atoms with van der Waals surface area (Å²) in [7, 11) is 0. The first-order valence-corrected chi connectivity index (χ1v) is 7.70. The fourth-order valence-electron chi connectivity index (χ4n) is 2.15. The van der Waals surface area contributed by atoms with E-state index < -0.39 is 71.8 Å². The Morgan fingerprint density at radius 3 is 0.778 bits per heavy atom. The minimum absolute atomic E-state index is 1.68. The molecule has 0 heterocycles. The maximum absolute atomic E-state index is 14.0. The lowest BCUT2D eigenvalue weighted by molar-refractivity contribution is -0.481. The van der Waals surface area contributed by atoms with Gasteiger partial charge in [0.2, 0.25) is 0 Å². The zero-order valence-corrected chi connectivity index (χ0v) is 15.6. The molecule has 0 aliphatic carbocycles. The summed E-state index contributed by atoms with van der Waals surface area (Å²) in [6.45, 7) is 1.68. The Labute approximate surface area is 181 Å². The number of halogens is 23. The van der Waals surface area contributed by atoms with E-state index in [1.165, 1.54) is 0 Å². The van der Waals surface area contributed by atoms with Crippen LogP contribution in [0, 0.1) is 6.92 Å². The maximum Gasteiger partial charge on any atom is 0.460 e. The average molecular weight is 597 g/mol. The van der Waals surface area contributed by atoms with Crippen LogP contribution in [0.3, 0.4) is 0 Å². The molecule has 1 atom stereocenters. The van der Waals surface area contributed by atoms with E-state index in [2.05, 4.69) is 0 Å². The molecule has 0 nitrogen and oxygen atoms in total. The molecular weight excluding hydrogens is 593 g/mol. The van der Waals surface area contributed by atoms with Crippen molar-refractivity contribution in [3.63, 3.8) is 0 Å².